The Morgan fingerprint density at radius 3 is 2.33 bits per heavy atom. The predicted molar refractivity (Wildman–Crippen MR) is 111 cm³/mol. The van der Waals surface area contributed by atoms with Crippen LogP contribution in [0.1, 0.15) is 58.3 Å². The van der Waals surface area contributed by atoms with Crippen molar-refractivity contribution >= 4 is 16.0 Å². The topological polar surface area (TPSA) is 83.0 Å². The van der Waals surface area contributed by atoms with Gasteiger partial charge in [0.05, 0.1) is 19.0 Å². The Morgan fingerprint density at radius 1 is 1.07 bits per heavy atom. The fourth-order valence-electron chi connectivity index (χ4n) is 3.79. The minimum absolute atomic E-state index is 0.425. The normalized spacial score (nSPS) is 21.8. The summed E-state index contributed by atoms with van der Waals surface area (Å²) in [6, 6.07) is 0. The second-order valence-corrected chi connectivity index (χ2v) is 9.72. The van der Waals surface area contributed by atoms with Crippen molar-refractivity contribution in [1.82, 2.24) is 14.9 Å². The number of rotatable bonds is 8. The van der Waals surface area contributed by atoms with Crippen LogP contribution < -0.4 is 10.6 Å². The fraction of sp³-hybridized carbons (Fsp3) is 0.947. The third-order valence-electron chi connectivity index (χ3n) is 5.44. The second-order valence-electron chi connectivity index (χ2n) is 7.74. The number of nitrogens with one attached hydrogen (secondary N) is 2. The number of sulfonamides is 1. The van der Waals surface area contributed by atoms with Crippen molar-refractivity contribution in [1.29, 1.82) is 0 Å². The lowest BCUT2D eigenvalue weighted by Gasteiger charge is -2.29. The van der Waals surface area contributed by atoms with E-state index in [4.69, 9.17) is 9.73 Å². The molecule has 1 heterocycles. The molecule has 0 aromatic carbocycles. The van der Waals surface area contributed by atoms with E-state index in [-0.39, 0.29) is 0 Å². The van der Waals surface area contributed by atoms with E-state index in [1.54, 1.807) is 4.31 Å². The minimum Gasteiger partial charge on any atom is -0.376 e. The van der Waals surface area contributed by atoms with Gasteiger partial charge in [0.15, 0.2) is 5.96 Å². The molecule has 1 aliphatic heterocycles. The quantitative estimate of drug-likeness (QED) is 0.281. The molecule has 2 fully saturated rings. The number of nitrogens with zero attached hydrogens (tertiary/aromatic N) is 2. The Bertz CT molecular complexity index is 537. The SMILES string of the molecule is CCNC(=NCC1CCN(S(C)(=O)=O)CC1)NCCOC1CCCCCC1. The van der Waals surface area contributed by atoms with Gasteiger partial charge in [-0.2, -0.15) is 0 Å². The van der Waals surface area contributed by atoms with Crippen molar-refractivity contribution in [2.24, 2.45) is 10.9 Å². The third kappa shape index (κ3) is 8.79. The summed E-state index contributed by atoms with van der Waals surface area (Å²) in [6.07, 6.45) is 11.1. The van der Waals surface area contributed by atoms with Gasteiger partial charge in [-0.25, -0.2) is 12.7 Å². The molecule has 7 nitrogen and oxygen atoms in total. The first-order valence-electron chi connectivity index (χ1n) is 10.6. The highest BCUT2D eigenvalue weighted by atomic mass is 32.2. The summed E-state index contributed by atoms with van der Waals surface area (Å²) in [5.74, 6) is 1.27. The zero-order valence-electron chi connectivity index (χ0n) is 17.1. The largest absolute Gasteiger partial charge is 0.376 e. The summed E-state index contributed by atoms with van der Waals surface area (Å²) >= 11 is 0. The van der Waals surface area contributed by atoms with E-state index in [0.29, 0.717) is 31.7 Å². The van der Waals surface area contributed by atoms with Crippen LogP contribution in [0.2, 0.25) is 0 Å². The minimum atomic E-state index is -3.06. The van der Waals surface area contributed by atoms with Crippen LogP contribution in [0.3, 0.4) is 0 Å². The van der Waals surface area contributed by atoms with Crippen LogP contribution >= 0.6 is 0 Å². The maximum atomic E-state index is 11.6. The average Bonchev–Trinajstić information content (AvgIpc) is 2.91. The van der Waals surface area contributed by atoms with Crippen LogP contribution in [0, 0.1) is 5.92 Å². The summed E-state index contributed by atoms with van der Waals surface area (Å²) in [7, 11) is -3.06. The molecule has 0 aromatic rings. The van der Waals surface area contributed by atoms with E-state index in [0.717, 1.165) is 38.4 Å². The Hall–Kier alpha value is -0.860. The second kappa shape index (κ2) is 11.9. The highest BCUT2D eigenvalue weighted by Gasteiger charge is 2.24. The van der Waals surface area contributed by atoms with E-state index in [1.165, 1.54) is 44.8 Å². The van der Waals surface area contributed by atoms with E-state index in [9.17, 15) is 8.42 Å². The van der Waals surface area contributed by atoms with Gasteiger partial charge >= 0.3 is 0 Å². The number of aliphatic imine (C=N–C) groups is 1. The molecule has 0 radical (unpaired) electrons. The summed E-state index contributed by atoms with van der Waals surface area (Å²) in [5.41, 5.74) is 0. The molecule has 2 N–H and O–H groups in total. The van der Waals surface area contributed by atoms with Crippen LogP contribution in [0.4, 0.5) is 0 Å². The van der Waals surface area contributed by atoms with Crippen molar-refractivity contribution in [2.45, 2.75) is 64.4 Å². The van der Waals surface area contributed by atoms with Gasteiger partial charge in [-0.1, -0.05) is 25.7 Å². The maximum absolute atomic E-state index is 11.6. The average molecular weight is 403 g/mol. The van der Waals surface area contributed by atoms with E-state index in [2.05, 4.69) is 17.6 Å². The van der Waals surface area contributed by atoms with Gasteiger partial charge in [-0.3, -0.25) is 4.99 Å². The molecule has 27 heavy (non-hydrogen) atoms. The standard InChI is InChI=1S/C19H38N4O3S/c1-3-20-19(21-12-15-26-18-8-6-4-5-7-9-18)22-16-17-10-13-23(14-11-17)27(2,24)25/h17-18H,3-16H2,1-2H3,(H2,20,21,22). The van der Waals surface area contributed by atoms with Gasteiger partial charge in [0.25, 0.3) is 0 Å². The Balaban J connectivity index is 1.67. The number of hydrogen-bond acceptors (Lipinski definition) is 4. The third-order valence-corrected chi connectivity index (χ3v) is 6.75. The molecule has 158 valence electrons. The lowest BCUT2D eigenvalue weighted by Crippen LogP contribution is -2.41. The van der Waals surface area contributed by atoms with Crippen LogP contribution in [0.5, 0.6) is 0 Å². The molecule has 0 bridgehead atoms. The Morgan fingerprint density at radius 2 is 1.74 bits per heavy atom. The summed E-state index contributed by atoms with van der Waals surface area (Å²) < 4.78 is 30.8. The first-order chi connectivity index (χ1) is 13.0. The van der Waals surface area contributed by atoms with Crippen LogP contribution in [0.15, 0.2) is 4.99 Å². The predicted octanol–water partition coefficient (Wildman–Crippen LogP) is 1.95. The van der Waals surface area contributed by atoms with Gasteiger partial charge < -0.3 is 15.4 Å². The van der Waals surface area contributed by atoms with Crippen molar-refractivity contribution in [3.8, 4) is 0 Å². The van der Waals surface area contributed by atoms with E-state index < -0.39 is 10.0 Å². The lowest BCUT2D eigenvalue weighted by molar-refractivity contribution is 0.0468. The highest BCUT2D eigenvalue weighted by Crippen LogP contribution is 2.20. The highest BCUT2D eigenvalue weighted by molar-refractivity contribution is 7.88. The van der Waals surface area contributed by atoms with Crippen LogP contribution in [-0.2, 0) is 14.8 Å². The molecule has 1 saturated carbocycles. The lowest BCUT2D eigenvalue weighted by atomic mass is 9.98. The van der Waals surface area contributed by atoms with Gasteiger partial charge in [0, 0.05) is 32.7 Å². The monoisotopic (exact) mass is 402 g/mol. The molecule has 0 amide bonds. The molecule has 1 saturated heterocycles. The maximum Gasteiger partial charge on any atom is 0.211 e. The Labute approximate surface area is 165 Å². The van der Waals surface area contributed by atoms with E-state index >= 15 is 0 Å². The van der Waals surface area contributed by atoms with Gasteiger partial charge in [-0.05, 0) is 38.5 Å². The fourth-order valence-corrected chi connectivity index (χ4v) is 4.66. The summed E-state index contributed by atoms with van der Waals surface area (Å²) in [4.78, 5) is 4.69. The zero-order valence-corrected chi connectivity index (χ0v) is 17.9. The Kier molecular flexibility index (Phi) is 9.86. The van der Waals surface area contributed by atoms with Gasteiger partial charge in [-0.15, -0.1) is 0 Å². The number of hydrogen-bond donors (Lipinski definition) is 2. The smallest absolute Gasteiger partial charge is 0.211 e. The molecule has 1 aliphatic carbocycles. The molecular weight excluding hydrogens is 364 g/mol. The van der Waals surface area contributed by atoms with Crippen LogP contribution in [-0.4, -0.2) is 70.4 Å². The van der Waals surface area contributed by atoms with Crippen molar-refractivity contribution in [2.75, 3.05) is 45.6 Å². The molecule has 0 spiro atoms. The number of guanidine groups is 1. The molecule has 2 rings (SSSR count). The van der Waals surface area contributed by atoms with Gasteiger partial charge in [0.2, 0.25) is 10.0 Å². The number of piperidine rings is 1. The van der Waals surface area contributed by atoms with Crippen molar-refractivity contribution in [3.63, 3.8) is 0 Å². The van der Waals surface area contributed by atoms with Crippen molar-refractivity contribution in [3.05, 3.63) is 0 Å². The molecule has 0 atom stereocenters. The first-order valence-corrected chi connectivity index (χ1v) is 12.4. The molecule has 0 unspecified atom stereocenters. The molecule has 8 heteroatoms. The zero-order chi connectivity index (χ0) is 19.5. The van der Waals surface area contributed by atoms with E-state index in [1.807, 2.05) is 0 Å². The molecular formula is C19H38N4O3S. The summed E-state index contributed by atoms with van der Waals surface area (Å²) in [5, 5.41) is 6.64. The number of ether oxygens (including phenoxy) is 1. The van der Waals surface area contributed by atoms with Crippen LogP contribution in [0.25, 0.3) is 0 Å². The molecule has 2 aliphatic rings. The van der Waals surface area contributed by atoms with Crippen molar-refractivity contribution < 1.29 is 13.2 Å². The van der Waals surface area contributed by atoms with Gasteiger partial charge in [0.1, 0.15) is 0 Å². The first kappa shape index (κ1) is 22.4. The molecule has 0 aromatic heterocycles. The summed E-state index contributed by atoms with van der Waals surface area (Å²) in [6.45, 7) is 6.30.